The standard InChI is InChI=1S/C14H9FN4.H2/c15-10-5-12-11(2-3-13(12)16-6-10)9-1-4-14-17-8-18-19(14)7-9;/h1-2,4-8H,3H2;1H. The van der Waals surface area contributed by atoms with E-state index in [-0.39, 0.29) is 7.24 Å². The van der Waals surface area contributed by atoms with Gasteiger partial charge in [-0.1, -0.05) is 6.08 Å². The van der Waals surface area contributed by atoms with E-state index in [9.17, 15) is 4.39 Å². The topological polar surface area (TPSA) is 43.1 Å². The van der Waals surface area contributed by atoms with Gasteiger partial charge in [-0.25, -0.2) is 13.9 Å². The minimum atomic E-state index is -0.312. The van der Waals surface area contributed by atoms with Gasteiger partial charge >= 0.3 is 0 Å². The van der Waals surface area contributed by atoms with Crippen molar-refractivity contribution in [2.75, 3.05) is 0 Å². The van der Waals surface area contributed by atoms with E-state index in [4.69, 9.17) is 0 Å². The monoisotopic (exact) mass is 254 g/mol. The Balaban J connectivity index is 0.00000121. The molecule has 0 saturated carbocycles. The molecule has 0 aliphatic heterocycles. The van der Waals surface area contributed by atoms with Crippen LogP contribution in [0.1, 0.15) is 18.2 Å². The average Bonchev–Trinajstić information content (AvgIpc) is 3.03. The zero-order chi connectivity index (χ0) is 12.8. The van der Waals surface area contributed by atoms with Crippen molar-refractivity contribution in [2.45, 2.75) is 6.42 Å². The Bertz CT molecular complexity index is 825. The molecular formula is C14H11FN4. The summed E-state index contributed by atoms with van der Waals surface area (Å²) in [6, 6.07) is 5.40. The lowest BCUT2D eigenvalue weighted by Gasteiger charge is -2.06. The number of rotatable bonds is 1. The molecular weight excluding hydrogens is 243 g/mol. The van der Waals surface area contributed by atoms with Crippen LogP contribution in [0.3, 0.4) is 0 Å². The van der Waals surface area contributed by atoms with E-state index in [1.54, 1.807) is 4.52 Å². The van der Waals surface area contributed by atoms with Gasteiger partial charge in [0.25, 0.3) is 0 Å². The fraction of sp³-hybridized carbons (Fsp3) is 0.0714. The van der Waals surface area contributed by atoms with Crippen LogP contribution in [0.2, 0.25) is 0 Å². The van der Waals surface area contributed by atoms with Crippen LogP contribution < -0.4 is 0 Å². The van der Waals surface area contributed by atoms with Gasteiger partial charge in [0.2, 0.25) is 0 Å². The number of fused-ring (bicyclic) bond motifs is 2. The molecule has 1 aliphatic rings. The van der Waals surface area contributed by atoms with Gasteiger partial charge in [-0.15, -0.1) is 0 Å². The molecule has 0 amide bonds. The molecule has 1 aliphatic carbocycles. The Hall–Kier alpha value is -2.56. The molecule has 0 radical (unpaired) electrons. The van der Waals surface area contributed by atoms with Crippen molar-refractivity contribution in [3.8, 4) is 0 Å². The smallest absolute Gasteiger partial charge is 0.155 e. The first kappa shape index (κ1) is 10.4. The van der Waals surface area contributed by atoms with E-state index in [1.807, 2.05) is 18.3 Å². The van der Waals surface area contributed by atoms with Gasteiger partial charge in [0.1, 0.15) is 12.1 Å². The molecule has 0 unspecified atom stereocenters. The van der Waals surface area contributed by atoms with E-state index in [1.165, 1.54) is 18.6 Å². The van der Waals surface area contributed by atoms with E-state index < -0.39 is 0 Å². The van der Waals surface area contributed by atoms with Crippen LogP contribution in [0, 0.1) is 5.82 Å². The van der Waals surface area contributed by atoms with Crippen molar-refractivity contribution in [3.05, 3.63) is 65.6 Å². The molecule has 0 atom stereocenters. The highest BCUT2D eigenvalue weighted by Gasteiger charge is 2.18. The minimum absolute atomic E-state index is 0. The molecule has 3 heterocycles. The highest BCUT2D eigenvalue weighted by molar-refractivity contribution is 5.83. The van der Waals surface area contributed by atoms with Crippen LogP contribution in [0.5, 0.6) is 0 Å². The van der Waals surface area contributed by atoms with Crippen molar-refractivity contribution < 1.29 is 5.82 Å². The van der Waals surface area contributed by atoms with Gasteiger partial charge in [0, 0.05) is 25.2 Å². The largest absolute Gasteiger partial charge is 0.257 e. The number of nitrogens with zero attached hydrogens (tertiary/aromatic N) is 4. The maximum absolute atomic E-state index is 13.3. The minimum Gasteiger partial charge on any atom is -0.257 e. The fourth-order valence-electron chi connectivity index (χ4n) is 2.42. The normalized spacial score (nSPS) is 13.6. The Morgan fingerprint density at radius 3 is 3.16 bits per heavy atom. The number of halogens is 1. The van der Waals surface area contributed by atoms with Crippen LogP contribution >= 0.6 is 0 Å². The molecule has 0 N–H and O–H groups in total. The average molecular weight is 254 g/mol. The Morgan fingerprint density at radius 2 is 2.21 bits per heavy atom. The first-order valence-electron chi connectivity index (χ1n) is 5.96. The summed E-state index contributed by atoms with van der Waals surface area (Å²) in [4.78, 5) is 8.23. The van der Waals surface area contributed by atoms with Crippen LogP contribution in [-0.4, -0.2) is 19.6 Å². The summed E-state index contributed by atoms with van der Waals surface area (Å²) in [5.41, 5.74) is 4.55. The SMILES string of the molecule is Fc1cnc2c(c1)C(c1ccc3ncnn3c1)=CC2.[HH]. The van der Waals surface area contributed by atoms with Gasteiger partial charge in [-0.05, 0) is 23.8 Å². The fourth-order valence-corrected chi connectivity index (χ4v) is 2.42. The lowest BCUT2D eigenvalue weighted by Crippen LogP contribution is -1.94. The molecule has 3 aromatic rings. The predicted molar refractivity (Wildman–Crippen MR) is 70.1 cm³/mol. The summed E-state index contributed by atoms with van der Waals surface area (Å²) < 4.78 is 15.0. The van der Waals surface area contributed by atoms with E-state index in [0.29, 0.717) is 0 Å². The van der Waals surface area contributed by atoms with Crippen molar-refractivity contribution in [1.29, 1.82) is 0 Å². The van der Waals surface area contributed by atoms with Crippen molar-refractivity contribution in [2.24, 2.45) is 0 Å². The second-order valence-electron chi connectivity index (χ2n) is 4.45. The first-order chi connectivity index (χ1) is 9.31. The highest BCUT2D eigenvalue weighted by Crippen LogP contribution is 2.31. The second-order valence-corrected chi connectivity index (χ2v) is 4.45. The van der Waals surface area contributed by atoms with Crippen LogP contribution in [0.4, 0.5) is 4.39 Å². The van der Waals surface area contributed by atoms with Gasteiger partial charge in [0.15, 0.2) is 5.65 Å². The predicted octanol–water partition coefficient (Wildman–Crippen LogP) is 2.50. The maximum atomic E-state index is 13.3. The molecule has 19 heavy (non-hydrogen) atoms. The van der Waals surface area contributed by atoms with Crippen LogP contribution in [-0.2, 0) is 6.42 Å². The van der Waals surface area contributed by atoms with Crippen LogP contribution in [0.15, 0.2) is 43.0 Å². The van der Waals surface area contributed by atoms with Crippen molar-refractivity contribution >= 4 is 11.2 Å². The Kier molecular flexibility index (Phi) is 2.03. The van der Waals surface area contributed by atoms with Crippen LogP contribution in [0.25, 0.3) is 11.2 Å². The molecule has 5 heteroatoms. The number of hydrogen-bond donors (Lipinski definition) is 0. The third kappa shape index (κ3) is 1.55. The summed E-state index contributed by atoms with van der Waals surface area (Å²) in [5, 5.41) is 4.11. The maximum Gasteiger partial charge on any atom is 0.155 e. The third-order valence-corrected chi connectivity index (χ3v) is 3.31. The molecule has 0 bridgehead atoms. The molecule has 94 valence electrons. The Morgan fingerprint density at radius 1 is 1.26 bits per heavy atom. The summed E-state index contributed by atoms with van der Waals surface area (Å²) >= 11 is 0. The molecule has 0 saturated heterocycles. The first-order valence-corrected chi connectivity index (χ1v) is 5.96. The zero-order valence-electron chi connectivity index (χ0n) is 9.92. The van der Waals surface area contributed by atoms with Crippen molar-refractivity contribution in [1.82, 2.24) is 19.6 Å². The second kappa shape index (κ2) is 3.71. The van der Waals surface area contributed by atoms with E-state index in [2.05, 4.69) is 21.1 Å². The third-order valence-electron chi connectivity index (χ3n) is 3.31. The van der Waals surface area contributed by atoms with E-state index in [0.717, 1.165) is 34.5 Å². The van der Waals surface area contributed by atoms with Gasteiger partial charge < -0.3 is 0 Å². The summed E-state index contributed by atoms with van der Waals surface area (Å²) in [5.74, 6) is -0.312. The summed E-state index contributed by atoms with van der Waals surface area (Å²) in [6.45, 7) is 0. The summed E-state index contributed by atoms with van der Waals surface area (Å²) in [6.07, 6.45) is 7.47. The number of hydrogen-bond acceptors (Lipinski definition) is 3. The lowest BCUT2D eigenvalue weighted by molar-refractivity contribution is 0.619. The molecule has 0 aromatic carbocycles. The number of aromatic nitrogens is 4. The number of allylic oxidation sites excluding steroid dienone is 1. The lowest BCUT2D eigenvalue weighted by atomic mass is 10.0. The van der Waals surface area contributed by atoms with Gasteiger partial charge in [-0.2, -0.15) is 5.10 Å². The highest BCUT2D eigenvalue weighted by atomic mass is 19.1. The molecule has 4 nitrogen and oxygen atoms in total. The summed E-state index contributed by atoms with van der Waals surface area (Å²) in [7, 11) is 0. The molecule has 0 spiro atoms. The van der Waals surface area contributed by atoms with Crippen molar-refractivity contribution in [3.63, 3.8) is 0 Å². The van der Waals surface area contributed by atoms with Gasteiger partial charge in [-0.3, -0.25) is 4.98 Å². The zero-order valence-corrected chi connectivity index (χ0v) is 9.92. The number of pyridine rings is 2. The molecule has 3 aromatic heterocycles. The Labute approximate surface area is 109 Å². The molecule has 0 fully saturated rings. The molecule has 4 rings (SSSR count). The quantitative estimate of drug-likeness (QED) is 0.670. The van der Waals surface area contributed by atoms with Gasteiger partial charge in [0.05, 0.1) is 11.9 Å². The van der Waals surface area contributed by atoms with E-state index >= 15 is 0 Å².